The van der Waals surface area contributed by atoms with Crippen LogP contribution in [0.4, 0.5) is 0 Å². The number of nitrogens with two attached hydrogens (primary N) is 2. The average Bonchev–Trinajstić information content (AvgIpc) is 2.05. The van der Waals surface area contributed by atoms with E-state index in [1.807, 2.05) is 5.34 Å². The molecule has 0 unspecified atom stereocenters. The van der Waals surface area contributed by atoms with E-state index in [1.54, 1.807) is 0 Å². The number of carbonyl (C=O) groups excluding carboxylic acids is 1. The highest BCUT2D eigenvalue weighted by atomic mass is 16.7. The molecule has 12 heavy (non-hydrogen) atoms. The zero-order valence-electron chi connectivity index (χ0n) is 6.73. The van der Waals surface area contributed by atoms with Gasteiger partial charge in [0.2, 0.25) is 0 Å². The maximum absolute atomic E-state index is 10.7. The summed E-state index contributed by atoms with van der Waals surface area (Å²) in [5.41, 5.74) is 10.6. The average molecular weight is 175 g/mol. The SMILES string of the molecule is NCCCC[C@H](N)C(=O)ON=O. The van der Waals surface area contributed by atoms with Gasteiger partial charge in [0.1, 0.15) is 6.04 Å². The molecule has 0 radical (unpaired) electrons. The molecule has 1 atom stereocenters. The fourth-order valence-electron chi connectivity index (χ4n) is 0.731. The molecule has 6 heteroatoms. The normalized spacial score (nSPS) is 12.2. The van der Waals surface area contributed by atoms with Gasteiger partial charge in [-0.25, -0.2) is 4.79 Å². The minimum Gasteiger partial charge on any atom is -0.330 e. The van der Waals surface area contributed by atoms with Crippen LogP contribution in [0.3, 0.4) is 0 Å². The fourth-order valence-corrected chi connectivity index (χ4v) is 0.731. The first-order valence-electron chi connectivity index (χ1n) is 3.71. The summed E-state index contributed by atoms with van der Waals surface area (Å²) in [5.74, 6) is -0.790. The molecule has 70 valence electrons. The van der Waals surface area contributed by atoms with Gasteiger partial charge in [-0.15, -0.1) is 4.91 Å². The van der Waals surface area contributed by atoms with Gasteiger partial charge >= 0.3 is 5.97 Å². The highest BCUT2D eigenvalue weighted by Gasteiger charge is 2.14. The van der Waals surface area contributed by atoms with E-state index in [4.69, 9.17) is 11.5 Å². The van der Waals surface area contributed by atoms with Crippen LogP contribution in [0.2, 0.25) is 0 Å². The Bertz CT molecular complexity index is 151. The molecule has 4 N–H and O–H groups in total. The molecule has 0 rings (SSSR count). The Morgan fingerprint density at radius 2 is 2.17 bits per heavy atom. The highest BCUT2D eigenvalue weighted by molar-refractivity contribution is 5.75. The third-order valence-corrected chi connectivity index (χ3v) is 1.40. The number of unbranched alkanes of at least 4 members (excludes halogenated alkanes) is 1. The Hall–Kier alpha value is -1.01. The molecule has 6 nitrogen and oxygen atoms in total. The van der Waals surface area contributed by atoms with Crippen LogP contribution >= 0.6 is 0 Å². The van der Waals surface area contributed by atoms with E-state index >= 15 is 0 Å². The molecule has 0 saturated heterocycles. The molecule has 0 bridgehead atoms. The third-order valence-electron chi connectivity index (χ3n) is 1.40. The number of nitrogens with zero attached hydrogens (tertiary/aromatic N) is 1. The van der Waals surface area contributed by atoms with Crippen molar-refractivity contribution >= 4 is 5.97 Å². The van der Waals surface area contributed by atoms with E-state index in [0.717, 1.165) is 12.8 Å². The lowest BCUT2D eigenvalue weighted by atomic mass is 10.1. The Balaban J connectivity index is 3.49. The van der Waals surface area contributed by atoms with Gasteiger partial charge in [0.05, 0.1) is 0 Å². The van der Waals surface area contributed by atoms with E-state index in [2.05, 4.69) is 4.84 Å². The monoisotopic (exact) mass is 175 g/mol. The van der Waals surface area contributed by atoms with Crippen molar-refractivity contribution in [2.45, 2.75) is 25.3 Å². The van der Waals surface area contributed by atoms with Gasteiger partial charge in [0.15, 0.2) is 5.34 Å². The summed E-state index contributed by atoms with van der Waals surface area (Å²) in [6.45, 7) is 0.563. The van der Waals surface area contributed by atoms with Crippen molar-refractivity contribution in [3.05, 3.63) is 4.91 Å². The predicted octanol–water partition coefficient (Wildman–Crippen LogP) is -0.333. The van der Waals surface area contributed by atoms with Gasteiger partial charge in [-0.05, 0) is 19.4 Å². The lowest BCUT2D eigenvalue weighted by Crippen LogP contribution is -2.31. The molecule has 0 aromatic heterocycles. The topological polar surface area (TPSA) is 108 Å². The number of hydrogen-bond donors (Lipinski definition) is 2. The molecule has 0 aromatic rings. The molecule has 0 amide bonds. The van der Waals surface area contributed by atoms with Crippen LogP contribution < -0.4 is 11.5 Å². The first-order valence-corrected chi connectivity index (χ1v) is 3.71. The lowest BCUT2D eigenvalue weighted by molar-refractivity contribution is -0.145. The largest absolute Gasteiger partial charge is 0.355 e. The molecule has 0 heterocycles. The van der Waals surface area contributed by atoms with Gasteiger partial charge in [-0.3, -0.25) is 4.84 Å². The molecule has 0 aromatic carbocycles. The van der Waals surface area contributed by atoms with Crippen molar-refractivity contribution in [2.24, 2.45) is 16.8 Å². The van der Waals surface area contributed by atoms with Crippen LogP contribution in [0.5, 0.6) is 0 Å². The van der Waals surface area contributed by atoms with Crippen molar-refractivity contribution in [1.82, 2.24) is 0 Å². The summed E-state index contributed by atoms with van der Waals surface area (Å²) in [7, 11) is 0. The first kappa shape index (κ1) is 11.0. The predicted molar refractivity (Wildman–Crippen MR) is 42.8 cm³/mol. The minimum absolute atomic E-state index is 0.464. The Morgan fingerprint density at radius 3 is 2.67 bits per heavy atom. The Labute approximate surface area is 70.2 Å². The van der Waals surface area contributed by atoms with E-state index in [1.165, 1.54) is 0 Å². The van der Waals surface area contributed by atoms with Crippen molar-refractivity contribution < 1.29 is 9.63 Å². The molecule has 0 aliphatic heterocycles. The standard InChI is InChI=1S/C6H13N3O3/c7-4-2-1-3-5(8)6(10)12-9-11/h5H,1-4,7-8H2/t5-/m0/s1. The van der Waals surface area contributed by atoms with E-state index in [0.29, 0.717) is 13.0 Å². The van der Waals surface area contributed by atoms with Crippen molar-refractivity contribution in [1.29, 1.82) is 0 Å². The smallest absolute Gasteiger partial charge is 0.330 e. The maximum Gasteiger partial charge on any atom is 0.355 e. The minimum atomic E-state index is -0.790. The molecule has 0 spiro atoms. The van der Waals surface area contributed by atoms with Crippen LogP contribution in [0.25, 0.3) is 0 Å². The molecular weight excluding hydrogens is 162 g/mol. The van der Waals surface area contributed by atoms with Gasteiger partial charge < -0.3 is 11.5 Å². The zero-order valence-corrected chi connectivity index (χ0v) is 6.73. The van der Waals surface area contributed by atoms with Gasteiger partial charge in [-0.1, -0.05) is 6.42 Å². The summed E-state index contributed by atoms with van der Waals surface area (Å²) in [6.07, 6.45) is 2.01. The number of rotatable bonds is 6. The van der Waals surface area contributed by atoms with Crippen LogP contribution in [0, 0.1) is 4.91 Å². The summed E-state index contributed by atoms with van der Waals surface area (Å²) >= 11 is 0. The molecular formula is C6H13N3O3. The van der Waals surface area contributed by atoms with Gasteiger partial charge in [0.25, 0.3) is 0 Å². The van der Waals surface area contributed by atoms with Crippen molar-refractivity contribution in [3.8, 4) is 0 Å². The van der Waals surface area contributed by atoms with Gasteiger partial charge in [-0.2, -0.15) is 0 Å². The highest BCUT2D eigenvalue weighted by Crippen LogP contribution is 1.99. The van der Waals surface area contributed by atoms with E-state index in [-0.39, 0.29) is 0 Å². The van der Waals surface area contributed by atoms with Crippen molar-refractivity contribution in [2.75, 3.05) is 6.54 Å². The summed E-state index contributed by atoms with van der Waals surface area (Å²) in [6, 6.07) is -0.769. The first-order chi connectivity index (χ1) is 5.72. The Morgan fingerprint density at radius 1 is 1.50 bits per heavy atom. The maximum atomic E-state index is 10.7. The second-order valence-electron chi connectivity index (χ2n) is 2.38. The van der Waals surface area contributed by atoms with Crippen molar-refractivity contribution in [3.63, 3.8) is 0 Å². The molecule has 0 fully saturated rings. The number of hydrogen-bond acceptors (Lipinski definition) is 6. The summed E-state index contributed by atoms with van der Waals surface area (Å²) in [5, 5.41) is 1.98. The molecule has 0 aliphatic carbocycles. The number of carbonyl (C=O) groups is 1. The van der Waals surface area contributed by atoms with Crippen LogP contribution in [-0.4, -0.2) is 18.6 Å². The van der Waals surface area contributed by atoms with E-state index in [9.17, 15) is 9.70 Å². The van der Waals surface area contributed by atoms with Crippen LogP contribution in [0.1, 0.15) is 19.3 Å². The quantitative estimate of drug-likeness (QED) is 0.326. The summed E-state index contributed by atoms with van der Waals surface area (Å²) < 4.78 is 0. The van der Waals surface area contributed by atoms with Crippen LogP contribution in [0.15, 0.2) is 5.34 Å². The third kappa shape index (κ3) is 4.75. The zero-order chi connectivity index (χ0) is 9.40. The van der Waals surface area contributed by atoms with Gasteiger partial charge in [0, 0.05) is 0 Å². The van der Waals surface area contributed by atoms with E-state index < -0.39 is 12.0 Å². The molecule has 0 aliphatic rings. The fraction of sp³-hybridized carbons (Fsp3) is 0.833. The molecule has 0 saturated carbocycles. The second kappa shape index (κ2) is 6.68. The lowest BCUT2D eigenvalue weighted by Gasteiger charge is -2.05. The summed E-state index contributed by atoms with van der Waals surface area (Å²) in [4.78, 5) is 24.0. The Kier molecular flexibility index (Phi) is 6.12. The second-order valence-corrected chi connectivity index (χ2v) is 2.38. The van der Waals surface area contributed by atoms with Crippen LogP contribution in [-0.2, 0) is 9.63 Å².